The summed E-state index contributed by atoms with van der Waals surface area (Å²) in [6, 6.07) is 2.68. The summed E-state index contributed by atoms with van der Waals surface area (Å²) in [5, 5.41) is 4.82. The summed E-state index contributed by atoms with van der Waals surface area (Å²) in [5.41, 5.74) is 7.92. The molecular weight excluding hydrogens is 436 g/mol. The molecule has 0 aromatic carbocycles. The minimum atomic E-state index is -0.0194. The molecule has 2 aromatic heterocycles. The average Bonchev–Trinajstić information content (AvgIpc) is 3.24. The van der Waals surface area contributed by atoms with Crippen molar-refractivity contribution in [3.63, 3.8) is 0 Å². The SMILES string of the molecule is CC1=CC(N2CCC(N(C)C)CC2)=CN2C(=O)C=C(c3cc4c(C)nc(C)cn4n3)C(C)CC=C12. The van der Waals surface area contributed by atoms with Crippen molar-refractivity contribution >= 4 is 17.0 Å². The highest BCUT2D eigenvalue weighted by atomic mass is 16.2. The van der Waals surface area contributed by atoms with Gasteiger partial charge in [-0.2, -0.15) is 5.10 Å². The topological polar surface area (TPSA) is 57.0 Å². The van der Waals surface area contributed by atoms with E-state index in [-0.39, 0.29) is 11.8 Å². The molecule has 1 saturated heterocycles. The zero-order valence-corrected chi connectivity index (χ0v) is 21.7. The Morgan fingerprint density at radius 3 is 2.54 bits per heavy atom. The van der Waals surface area contributed by atoms with Crippen LogP contribution in [0.4, 0.5) is 0 Å². The van der Waals surface area contributed by atoms with Crippen LogP contribution in [0.15, 0.2) is 53.7 Å². The molecule has 0 saturated carbocycles. The lowest BCUT2D eigenvalue weighted by atomic mass is 9.91. The van der Waals surface area contributed by atoms with Gasteiger partial charge in [-0.05, 0) is 83.3 Å². The number of hydrogen-bond donors (Lipinski definition) is 0. The number of carbonyl (C=O) groups excluding carboxylic acids is 1. The number of nitrogens with zero attached hydrogens (tertiary/aromatic N) is 6. The van der Waals surface area contributed by atoms with Gasteiger partial charge in [-0.3, -0.25) is 14.7 Å². The summed E-state index contributed by atoms with van der Waals surface area (Å²) in [4.78, 5) is 24.8. The minimum Gasteiger partial charge on any atom is -0.370 e. The van der Waals surface area contributed by atoms with Crippen LogP contribution in [0.1, 0.15) is 50.2 Å². The molecule has 7 heteroatoms. The van der Waals surface area contributed by atoms with Crippen LogP contribution in [0.5, 0.6) is 0 Å². The molecule has 0 spiro atoms. The highest BCUT2D eigenvalue weighted by molar-refractivity contribution is 5.98. The van der Waals surface area contributed by atoms with Crippen molar-refractivity contribution in [1.29, 1.82) is 0 Å². The maximum Gasteiger partial charge on any atom is 0.255 e. The first kappa shape index (κ1) is 23.5. The first-order valence-corrected chi connectivity index (χ1v) is 12.6. The molecule has 0 N–H and O–H groups in total. The van der Waals surface area contributed by atoms with E-state index < -0.39 is 0 Å². The first-order chi connectivity index (χ1) is 16.7. The van der Waals surface area contributed by atoms with Crippen molar-refractivity contribution in [3.8, 4) is 0 Å². The van der Waals surface area contributed by atoms with Crippen LogP contribution in [0.2, 0.25) is 0 Å². The summed E-state index contributed by atoms with van der Waals surface area (Å²) in [6.07, 6.45) is 13.3. The zero-order chi connectivity index (χ0) is 24.9. The molecule has 2 aromatic rings. The Kier molecular flexibility index (Phi) is 6.13. The summed E-state index contributed by atoms with van der Waals surface area (Å²) >= 11 is 0. The molecule has 5 heterocycles. The number of rotatable bonds is 3. The van der Waals surface area contributed by atoms with Gasteiger partial charge in [0.25, 0.3) is 5.91 Å². The van der Waals surface area contributed by atoms with Crippen LogP contribution in [-0.2, 0) is 4.79 Å². The van der Waals surface area contributed by atoms with E-state index in [2.05, 4.69) is 60.9 Å². The molecule has 1 amide bonds. The monoisotopic (exact) mass is 472 g/mol. The number of allylic oxidation sites excluding steroid dienone is 4. The fourth-order valence-corrected chi connectivity index (χ4v) is 5.50. The molecule has 1 fully saturated rings. The highest BCUT2D eigenvalue weighted by Crippen LogP contribution is 2.34. The number of likely N-dealkylation sites (tertiary alicyclic amines) is 1. The predicted octanol–water partition coefficient (Wildman–Crippen LogP) is 4.31. The third kappa shape index (κ3) is 4.45. The Labute approximate surface area is 208 Å². The van der Waals surface area contributed by atoms with Gasteiger partial charge in [-0.15, -0.1) is 0 Å². The number of aromatic nitrogens is 3. The van der Waals surface area contributed by atoms with E-state index in [0.29, 0.717) is 6.04 Å². The molecule has 0 aliphatic carbocycles. The minimum absolute atomic E-state index is 0.0194. The van der Waals surface area contributed by atoms with E-state index in [9.17, 15) is 4.79 Å². The normalized spacial score (nSPS) is 21.9. The predicted molar refractivity (Wildman–Crippen MR) is 139 cm³/mol. The second-order valence-electron chi connectivity index (χ2n) is 10.4. The van der Waals surface area contributed by atoms with E-state index in [1.807, 2.05) is 35.7 Å². The van der Waals surface area contributed by atoms with E-state index in [4.69, 9.17) is 5.10 Å². The smallest absolute Gasteiger partial charge is 0.255 e. The second-order valence-corrected chi connectivity index (χ2v) is 10.4. The van der Waals surface area contributed by atoms with E-state index >= 15 is 0 Å². The summed E-state index contributed by atoms with van der Waals surface area (Å²) < 4.78 is 1.88. The second kappa shape index (κ2) is 9.11. The van der Waals surface area contributed by atoms with Crippen LogP contribution >= 0.6 is 0 Å². The molecule has 35 heavy (non-hydrogen) atoms. The van der Waals surface area contributed by atoms with Crippen molar-refractivity contribution in [3.05, 3.63) is 70.7 Å². The van der Waals surface area contributed by atoms with Crippen LogP contribution in [0.3, 0.4) is 0 Å². The maximum atomic E-state index is 13.6. The summed E-state index contributed by atoms with van der Waals surface area (Å²) in [6.45, 7) is 10.3. The Morgan fingerprint density at radius 1 is 1.09 bits per heavy atom. The Morgan fingerprint density at radius 2 is 1.83 bits per heavy atom. The van der Waals surface area contributed by atoms with Gasteiger partial charge in [-0.1, -0.05) is 13.0 Å². The average molecular weight is 473 g/mol. The number of amides is 1. The summed E-state index contributed by atoms with van der Waals surface area (Å²) in [7, 11) is 4.32. The van der Waals surface area contributed by atoms with Crippen LogP contribution in [-0.4, -0.2) is 68.4 Å². The molecule has 1 atom stereocenters. The van der Waals surface area contributed by atoms with Gasteiger partial charge in [-0.25, -0.2) is 4.52 Å². The fraction of sp³-hybridized carbons (Fsp3) is 0.464. The van der Waals surface area contributed by atoms with Gasteiger partial charge in [0.1, 0.15) is 0 Å². The highest BCUT2D eigenvalue weighted by Gasteiger charge is 2.29. The van der Waals surface area contributed by atoms with Crippen molar-refractivity contribution in [1.82, 2.24) is 29.3 Å². The molecule has 5 rings (SSSR count). The fourth-order valence-electron chi connectivity index (χ4n) is 5.50. The Balaban J connectivity index is 1.46. The molecule has 0 bridgehead atoms. The maximum absolute atomic E-state index is 13.6. The van der Waals surface area contributed by atoms with Crippen LogP contribution in [0.25, 0.3) is 11.1 Å². The molecule has 3 aliphatic heterocycles. The number of piperidine rings is 1. The van der Waals surface area contributed by atoms with Gasteiger partial charge in [0.2, 0.25) is 0 Å². The van der Waals surface area contributed by atoms with Gasteiger partial charge in [0, 0.05) is 37.1 Å². The number of carbonyl (C=O) groups is 1. The van der Waals surface area contributed by atoms with Crippen LogP contribution < -0.4 is 0 Å². The third-order valence-electron chi connectivity index (χ3n) is 7.62. The number of aryl methyl sites for hydroxylation is 2. The standard InChI is InChI=1S/C28H36N6O/c1-18-7-8-26-19(2)13-23(32-11-9-22(10-12-32)31(5)6)17-33(26)28(35)14-24(18)25-15-27-21(4)29-20(3)16-34(27)30-25/h8,13-18,22H,7,9-12H2,1-6H3. The Bertz CT molecular complexity index is 1290. The quantitative estimate of drug-likeness (QED) is 0.666. The van der Waals surface area contributed by atoms with Gasteiger partial charge in [0.05, 0.1) is 34.5 Å². The third-order valence-corrected chi connectivity index (χ3v) is 7.62. The largest absolute Gasteiger partial charge is 0.370 e. The number of fused-ring (bicyclic) bond motifs is 2. The lowest BCUT2D eigenvalue weighted by Gasteiger charge is -2.39. The van der Waals surface area contributed by atoms with E-state index in [0.717, 1.165) is 77.5 Å². The molecule has 7 nitrogen and oxygen atoms in total. The Hall–Kier alpha value is -3.19. The summed E-state index contributed by atoms with van der Waals surface area (Å²) in [5.74, 6) is 0.158. The lowest BCUT2D eigenvalue weighted by molar-refractivity contribution is -0.122. The molecular formula is C28H36N6O. The van der Waals surface area contributed by atoms with Crippen molar-refractivity contribution in [2.24, 2.45) is 5.92 Å². The lowest BCUT2D eigenvalue weighted by Crippen LogP contribution is -2.42. The van der Waals surface area contributed by atoms with Gasteiger partial charge >= 0.3 is 0 Å². The van der Waals surface area contributed by atoms with Gasteiger partial charge < -0.3 is 9.80 Å². The molecule has 184 valence electrons. The van der Waals surface area contributed by atoms with Gasteiger partial charge in [0.15, 0.2) is 0 Å². The molecule has 1 unspecified atom stereocenters. The van der Waals surface area contributed by atoms with Crippen molar-refractivity contribution in [2.75, 3.05) is 27.2 Å². The molecule has 0 radical (unpaired) electrons. The van der Waals surface area contributed by atoms with Crippen LogP contribution in [0, 0.1) is 19.8 Å². The van der Waals surface area contributed by atoms with Crippen molar-refractivity contribution in [2.45, 2.75) is 53.0 Å². The van der Waals surface area contributed by atoms with Crippen molar-refractivity contribution < 1.29 is 4.79 Å². The zero-order valence-electron chi connectivity index (χ0n) is 21.7. The number of hydrogen-bond acceptors (Lipinski definition) is 5. The first-order valence-electron chi connectivity index (χ1n) is 12.6. The van der Waals surface area contributed by atoms with E-state index in [1.165, 1.54) is 0 Å². The molecule has 3 aliphatic rings. The van der Waals surface area contributed by atoms with E-state index in [1.54, 1.807) is 6.08 Å².